The third-order valence-corrected chi connectivity index (χ3v) is 4.01. The highest BCUT2D eigenvalue weighted by atomic mass is 35.5. The van der Waals surface area contributed by atoms with Crippen molar-refractivity contribution in [1.29, 1.82) is 0 Å². The Morgan fingerprint density at radius 1 is 1.53 bits per heavy atom. The minimum absolute atomic E-state index is 0.0610. The van der Waals surface area contributed by atoms with Gasteiger partial charge in [-0.1, -0.05) is 18.5 Å². The third-order valence-electron chi connectivity index (χ3n) is 3.56. The molecule has 19 heavy (non-hydrogen) atoms. The highest BCUT2D eigenvalue weighted by Gasteiger charge is 2.19. The van der Waals surface area contributed by atoms with Gasteiger partial charge in [0.05, 0.1) is 5.69 Å². The molecule has 0 radical (unpaired) electrons. The van der Waals surface area contributed by atoms with Crippen molar-refractivity contribution >= 4 is 23.6 Å². The summed E-state index contributed by atoms with van der Waals surface area (Å²) in [7, 11) is 1.79. The number of carbonyl (C=O) groups excluding carboxylic acids is 1. The number of halogens is 1. The molecule has 1 saturated heterocycles. The fourth-order valence-electron chi connectivity index (χ4n) is 2.49. The molecule has 0 saturated carbocycles. The van der Waals surface area contributed by atoms with Gasteiger partial charge in [-0.3, -0.25) is 9.48 Å². The van der Waals surface area contributed by atoms with Crippen molar-refractivity contribution in [3.05, 3.63) is 22.5 Å². The van der Waals surface area contributed by atoms with Crippen LogP contribution in [0.5, 0.6) is 0 Å². The first-order valence-corrected chi connectivity index (χ1v) is 7.03. The van der Waals surface area contributed by atoms with E-state index >= 15 is 0 Å². The highest BCUT2D eigenvalue weighted by Crippen LogP contribution is 2.21. The second kappa shape index (κ2) is 5.78. The summed E-state index contributed by atoms with van der Waals surface area (Å²) in [5.41, 5.74) is 1.66. The van der Waals surface area contributed by atoms with Crippen molar-refractivity contribution in [3.8, 4) is 0 Å². The molecule has 4 nitrogen and oxygen atoms in total. The number of rotatable bonds is 2. The van der Waals surface area contributed by atoms with Crippen molar-refractivity contribution in [3.63, 3.8) is 0 Å². The van der Waals surface area contributed by atoms with E-state index in [1.165, 1.54) is 6.42 Å². The standard InChI is InChI=1S/C14H20ClN3O/c1-10-5-4-8-18(9-10)13(19)7-6-12-11(2)16-17(3)14(12)15/h6-7,10H,4-5,8-9H2,1-3H3/b7-6+. The van der Waals surface area contributed by atoms with Gasteiger partial charge in [0.1, 0.15) is 5.15 Å². The zero-order chi connectivity index (χ0) is 14.0. The number of likely N-dealkylation sites (tertiary alicyclic amines) is 1. The van der Waals surface area contributed by atoms with Gasteiger partial charge >= 0.3 is 0 Å². The normalized spacial score (nSPS) is 20.2. The predicted molar refractivity (Wildman–Crippen MR) is 77.0 cm³/mol. The molecule has 0 spiro atoms. The van der Waals surface area contributed by atoms with Crippen LogP contribution in [0.1, 0.15) is 31.0 Å². The van der Waals surface area contributed by atoms with E-state index in [2.05, 4.69) is 12.0 Å². The molecule has 0 aromatic carbocycles. The van der Waals surface area contributed by atoms with Gasteiger partial charge in [0.2, 0.25) is 5.91 Å². The molecule has 2 heterocycles. The molecule has 1 atom stereocenters. The van der Waals surface area contributed by atoms with E-state index in [9.17, 15) is 4.79 Å². The number of aromatic nitrogens is 2. The molecule has 1 aliphatic heterocycles. The summed E-state index contributed by atoms with van der Waals surface area (Å²) in [5.74, 6) is 0.653. The van der Waals surface area contributed by atoms with Crippen molar-refractivity contribution < 1.29 is 4.79 Å². The molecule has 0 N–H and O–H groups in total. The minimum Gasteiger partial charge on any atom is -0.339 e. The molecule has 5 heteroatoms. The fraction of sp³-hybridized carbons (Fsp3) is 0.571. The first kappa shape index (κ1) is 14.1. The summed E-state index contributed by atoms with van der Waals surface area (Å²) < 4.78 is 1.62. The second-order valence-corrected chi connectivity index (χ2v) is 5.64. The first-order valence-electron chi connectivity index (χ1n) is 6.65. The maximum absolute atomic E-state index is 12.1. The van der Waals surface area contributed by atoms with E-state index in [0.29, 0.717) is 11.1 Å². The molecule has 2 rings (SSSR count). The maximum Gasteiger partial charge on any atom is 0.246 e. The Kier molecular flexibility index (Phi) is 4.30. The Morgan fingerprint density at radius 2 is 2.26 bits per heavy atom. The SMILES string of the molecule is Cc1nn(C)c(Cl)c1/C=C/C(=O)N1CCCC(C)C1. The summed E-state index contributed by atoms with van der Waals surface area (Å²) in [6.07, 6.45) is 5.68. The average Bonchev–Trinajstić information content (AvgIpc) is 2.61. The lowest BCUT2D eigenvalue weighted by Gasteiger charge is -2.30. The van der Waals surface area contributed by atoms with Crippen LogP contribution in [0.3, 0.4) is 0 Å². The third kappa shape index (κ3) is 3.18. The molecule has 0 aliphatic carbocycles. The van der Waals surface area contributed by atoms with Crippen molar-refractivity contribution in [1.82, 2.24) is 14.7 Å². The Balaban J connectivity index is 2.07. The summed E-state index contributed by atoms with van der Waals surface area (Å²) >= 11 is 6.13. The van der Waals surface area contributed by atoms with Crippen molar-refractivity contribution in [2.75, 3.05) is 13.1 Å². The van der Waals surface area contributed by atoms with Crippen LogP contribution in [0.25, 0.3) is 6.08 Å². The van der Waals surface area contributed by atoms with Crippen molar-refractivity contribution in [2.45, 2.75) is 26.7 Å². The van der Waals surface area contributed by atoms with Gasteiger partial charge in [0, 0.05) is 31.8 Å². The van der Waals surface area contributed by atoms with Gasteiger partial charge in [-0.2, -0.15) is 5.10 Å². The summed E-state index contributed by atoms with van der Waals surface area (Å²) in [6.45, 7) is 5.78. The zero-order valence-corrected chi connectivity index (χ0v) is 12.4. The Bertz CT molecular complexity index is 507. The van der Waals surface area contributed by atoms with Crippen LogP contribution in [-0.2, 0) is 11.8 Å². The lowest BCUT2D eigenvalue weighted by Crippen LogP contribution is -2.38. The molecular formula is C14H20ClN3O. The highest BCUT2D eigenvalue weighted by molar-refractivity contribution is 6.31. The fourth-order valence-corrected chi connectivity index (χ4v) is 2.72. The monoisotopic (exact) mass is 281 g/mol. The van der Waals surface area contributed by atoms with Gasteiger partial charge in [-0.15, -0.1) is 0 Å². The Hall–Kier alpha value is -1.29. The van der Waals surface area contributed by atoms with Crippen LogP contribution < -0.4 is 0 Å². The maximum atomic E-state index is 12.1. The summed E-state index contributed by atoms with van der Waals surface area (Å²) in [6, 6.07) is 0. The number of amides is 1. The number of aryl methyl sites for hydroxylation is 2. The molecule has 1 aromatic heterocycles. The van der Waals surface area contributed by atoms with Crippen LogP contribution >= 0.6 is 11.6 Å². The zero-order valence-electron chi connectivity index (χ0n) is 11.7. The number of piperidine rings is 1. The summed E-state index contributed by atoms with van der Waals surface area (Å²) in [4.78, 5) is 14.0. The minimum atomic E-state index is 0.0610. The smallest absolute Gasteiger partial charge is 0.246 e. The predicted octanol–water partition coefficient (Wildman–Crippen LogP) is 2.65. The first-order chi connectivity index (χ1) is 8.99. The average molecular weight is 282 g/mol. The number of hydrogen-bond donors (Lipinski definition) is 0. The van der Waals surface area contributed by atoms with Crippen molar-refractivity contribution in [2.24, 2.45) is 13.0 Å². The van der Waals surface area contributed by atoms with Crippen LogP contribution in [0, 0.1) is 12.8 Å². The van der Waals surface area contributed by atoms with Crippen LogP contribution in [0.15, 0.2) is 6.08 Å². The quantitative estimate of drug-likeness (QED) is 0.782. The molecule has 1 amide bonds. The Labute approximate surface area is 119 Å². The van der Waals surface area contributed by atoms with E-state index in [4.69, 9.17) is 11.6 Å². The van der Waals surface area contributed by atoms with Gasteiger partial charge in [-0.05, 0) is 31.8 Å². The van der Waals surface area contributed by atoms with Crippen LogP contribution in [-0.4, -0.2) is 33.7 Å². The second-order valence-electron chi connectivity index (χ2n) is 5.28. The van der Waals surface area contributed by atoms with E-state index in [1.54, 1.807) is 23.9 Å². The largest absolute Gasteiger partial charge is 0.339 e. The Morgan fingerprint density at radius 3 is 2.84 bits per heavy atom. The van der Waals surface area contributed by atoms with E-state index in [0.717, 1.165) is 30.8 Å². The number of nitrogens with zero attached hydrogens (tertiary/aromatic N) is 3. The van der Waals surface area contributed by atoms with E-state index in [1.807, 2.05) is 11.8 Å². The van der Waals surface area contributed by atoms with Crippen LogP contribution in [0.2, 0.25) is 5.15 Å². The molecule has 0 bridgehead atoms. The molecule has 1 aromatic rings. The van der Waals surface area contributed by atoms with E-state index < -0.39 is 0 Å². The molecular weight excluding hydrogens is 262 g/mol. The number of carbonyl (C=O) groups is 1. The molecule has 1 unspecified atom stereocenters. The van der Waals surface area contributed by atoms with Gasteiger partial charge in [-0.25, -0.2) is 0 Å². The lowest BCUT2D eigenvalue weighted by molar-refractivity contribution is -0.127. The topological polar surface area (TPSA) is 38.1 Å². The lowest BCUT2D eigenvalue weighted by atomic mass is 10.0. The van der Waals surface area contributed by atoms with Gasteiger partial charge < -0.3 is 4.90 Å². The van der Waals surface area contributed by atoms with E-state index in [-0.39, 0.29) is 5.91 Å². The molecule has 1 fully saturated rings. The van der Waals surface area contributed by atoms with Crippen LogP contribution in [0.4, 0.5) is 0 Å². The van der Waals surface area contributed by atoms with Gasteiger partial charge in [0.15, 0.2) is 0 Å². The molecule has 1 aliphatic rings. The molecule has 104 valence electrons. The number of hydrogen-bond acceptors (Lipinski definition) is 2. The van der Waals surface area contributed by atoms with Gasteiger partial charge in [0.25, 0.3) is 0 Å². The summed E-state index contributed by atoms with van der Waals surface area (Å²) in [5, 5.41) is 4.79.